The zero-order valence-corrected chi connectivity index (χ0v) is 13.2. The molecule has 0 spiro atoms. The smallest absolute Gasteiger partial charge is 0.277 e. The van der Waals surface area contributed by atoms with E-state index in [1.807, 2.05) is 62.4 Å². The molecule has 2 aromatic carbocycles. The molecule has 0 radical (unpaired) electrons. The number of anilines is 1. The van der Waals surface area contributed by atoms with E-state index in [9.17, 15) is 4.79 Å². The summed E-state index contributed by atoms with van der Waals surface area (Å²) < 4.78 is 1.66. The van der Waals surface area contributed by atoms with Gasteiger partial charge in [-0.05, 0) is 36.6 Å². The van der Waals surface area contributed by atoms with E-state index >= 15 is 0 Å². The average Bonchev–Trinajstić information content (AvgIpc) is 3.01. The summed E-state index contributed by atoms with van der Waals surface area (Å²) in [4.78, 5) is 12.3. The number of carbonyl (C=O) groups is 1. The van der Waals surface area contributed by atoms with Crippen LogP contribution in [0.3, 0.4) is 0 Å². The van der Waals surface area contributed by atoms with Crippen LogP contribution in [0.1, 0.15) is 27.2 Å². The van der Waals surface area contributed by atoms with Crippen molar-refractivity contribution in [3.8, 4) is 0 Å². The first-order valence-electron chi connectivity index (χ1n) is 7.45. The highest BCUT2D eigenvalue weighted by atomic mass is 16.2. The van der Waals surface area contributed by atoms with Crippen LogP contribution < -0.4 is 5.32 Å². The highest BCUT2D eigenvalue weighted by Crippen LogP contribution is 2.18. The Bertz CT molecular complexity index is 824. The summed E-state index contributed by atoms with van der Waals surface area (Å²) in [5.41, 5.74) is 4.40. The van der Waals surface area contributed by atoms with Gasteiger partial charge in [-0.1, -0.05) is 47.7 Å². The number of nitrogens with zero attached hydrogens (tertiary/aromatic N) is 3. The number of hydrogen-bond acceptors (Lipinski definition) is 3. The number of hydrogen-bond donors (Lipinski definition) is 1. The van der Waals surface area contributed by atoms with Gasteiger partial charge in [0.05, 0.1) is 12.7 Å². The standard InChI is InChI=1S/C18H18N4O/c1-13-7-6-10-16(14(13)2)19-18(23)17-12-22(21-20-17)11-15-8-4-3-5-9-15/h3-10,12H,11H2,1-2H3,(H,19,23). The average molecular weight is 306 g/mol. The summed E-state index contributed by atoms with van der Waals surface area (Å²) >= 11 is 0. The molecule has 116 valence electrons. The SMILES string of the molecule is Cc1cccc(NC(=O)c2cn(Cc3ccccc3)nn2)c1C. The molecule has 5 heteroatoms. The molecule has 0 bridgehead atoms. The van der Waals surface area contributed by atoms with Crippen LogP contribution in [0.5, 0.6) is 0 Å². The Hall–Kier alpha value is -2.95. The van der Waals surface area contributed by atoms with Gasteiger partial charge in [0, 0.05) is 5.69 Å². The van der Waals surface area contributed by atoms with Crippen LogP contribution in [0.4, 0.5) is 5.69 Å². The Morgan fingerprint density at radius 3 is 2.65 bits per heavy atom. The van der Waals surface area contributed by atoms with E-state index in [1.165, 1.54) is 0 Å². The Morgan fingerprint density at radius 2 is 1.87 bits per heavy atom. The van der Waals surface area contributed by atoms with Gasteiger partial charge in [-0.15, -0.1) is 5.10 Å². The van der Waals surface area contributed by atoms with Crippen molar-refractivity contribution in [1.82, 2.24) is 15.0 Å². The molecule has 3 aromatic rings. The molecule has 0 fully saturated rings. The molecule has 1 aromatic heterocycles. The molecule has 23 heavy (non-hydrogen) atoms. The lowest BCUT2D eigenvalue weighted by Crippen LogP contribution is -2.13. The Labute approximate surface area is 135 Å². The Kier molecular flexibility index (Phi) is 4.19. The first-order valence-corrected chi connectivity index (χ1v) is 7.45. The van der Waals surface area contributed by atoms with Crippen LogP contribution in [0.2, 0.25) is 0 Å². The minimum atomic E-state index is -0.252. The molecule has 1 N–H and O–H groups in total. The first-order chi connectivity index (χ1) is 11.1. The van der Waals surface area contributed by atoms with Crippen LogP contribution in [0.25, 0.3) is 0 Å². The normalized spacial score (nSPS) is 10.5. The summed E-state index contributed by atoms with van der Waals surface area (Å²) in [5, 5.41) is 10.9. The summed E-state index contributed by atoms with van der Waals surface area (Å²) in [6.07, 6.45) is 1.66. The van der Waals surface area contributed by atoms with Gasteiger partial charge >= 0.3 is 0 Å². The maximum atomic E-state index is 12.3. The lowest BCUT2D eigenvalue weighted by atomic mass is 10.1. The molecule has 1 heterocycles. The molecule has 0 atom stereocenters. The van der Waals surface area contributed by atoms with Gasteiger partial charge in [0.25, 0.3) is 5.91 Å². The lowest BCUT2D eigenvalue weighted by Gasteiger charge is -2.08. The van der Waals surface area contributed by atoms with E-state index in [4.69, 9.17) is 0 Å². The second-order valence-electron chi connectivity index (χ2n) is 5.49. The van der Waals surface area contributed by atoms with Gasteiger partial charge in [-0.25, -0.2) is 4.68 Å². The Balaban J connectivity index is 1.72. The van der Waals surface area contributed by atoms with Gasteiger partial charge in [0.1, 0.15) is 0 Å². The van der Waals surface area contributed by atoms with Gasteiger partial charge in [-0.3, -0.25) is 4.79 Å². The second-order valence-corrected chi connectivity index (χ2v) is 5.49. The van der Waals surface area contributed by atoms with Crippen LogP contribution in [0.15, 0.2) is 54.7 Å². The van der Waals surface area contributed by atoms with Gasteiger partial charge in [0.2, 0.25) is 0 Å². The monoisotopic (exact) mass is 306 g/mol. The van der Waals surface area contributed by atoms with Crippen LogP contribution in [-0.2, 0) is 6.54 Å². The number of nitrogens with one attached hydrogen (secondary N) is 1. The fraction of sp³-hybridized carbons (Fsp3) is 0.167. The summed E-state index contributed by atoms with van der Waals surface area (Å²) in [6, 6.07) is 15.8. The molecule has 0 unspecified atom stereocenters. The summed E-state index contributed by atoms with van der Waals surface area (Å²) in [5.74, 6) is -0.252. The van der Waals surface area contributed by atoms with Gasteiger partial charge < -0.3 is 5.32 Å². The van der Waals surface area contributed by atoms with Gasteiger partial charge in [-0.2, -0.15) is 0 Å². The summed E-state index contributed by atoms with van der Waals surface area (Å²) in [6.45, 7) is 4.59. The van der Waals surface area contributed by atoms with E-state index in [1.54, 1.807) is 10.9 Å². The molecule has 3 rings (SSSR count). The quantitative estimate of drug-likeness (QED) is 0.805. The minimum Gasteiger partial charge on any atom is -0.320 e. The number of amides is 1. The fourth-order valence-electron chi connectivity index (χ4n) is 2.32. The maximum Gasteiger partial charge on any atom is 0.277 e. The van der Waals surface area contributed by atoms with Crippen molar-refractivity contribution >= 4 is 11.6 Å². The number of aryl methyl sites for hydroxylation is 1. The molecule has 0 aliphatic carbocycles. The topological polar surface area (TPSA) is 59.8 Å². The summed E-state index contributed by atoms with van der Waals surface area (Å²) in [7, 11) is 0. The largest absolute Gasteiger partial charge is 0.320 e. The predicted octanol–water partition coefficient (Wildman–Crippen LogP) is 3.20. The highest BCUT2D eigenvalue weighted by Gasteiger charge is 2.12. The van der Waals surface area contributed by atoms with Crippen molar-refractivity contribution in [3.05, 3.63) is 77.1 Å². The van der Waals surface area contributed by atoms with Crippen molar-refractivity contribution in [3.63, 3.8) is 0 Å². The lowest BCUT2D eigenvalue weighted by molar-refractivity contribution is 0.102. The third-order valence-corrected chi connectivity index (χ3v) is 3.81. The number of aromatic nitrogens is 3. The van der Waals surface area contributed by atoms with E-state index in [0.29, 0.717) is 12.2 Å². The zero-order valence-electron chi connectivity index (χ0n) is 13.2. The highest BCUT2D eigenvalue weighted by molar-refractivity contribution is 6.03. The van der Waals surface area contributed by atoms with Crippen molar-refractivity contribution in [1.29, 1.82) is 0 Å². The molecule has 0 saturated heterocycles. The third-order valence-electron chi connectivity index (χ3n) is 3.81. The van der Waals surface area contributed by atoms with Crippen LogP contribution in [-0.4, -0.2) is 20.9 Å². The van der Waals surface area contributed by atoms with E-state index in [-0.39, 0.29) is 5.91 Å². The molecular weight excluding hydrogens is 288 g/mol. The maximum absolute atomic E-state index is 12.3. The van der Waals surface area contributed by atoms with Crippen molar-refractivity contribution in [2.75, 3.05) is 5.32 Å². The number of carbonyl (C=O) groups excluding carboxylic acids is 1. The van der Waals surface area contributed by atoms with E-state index < -0.39 is 0 Å². The van der Waals surface area contributed by atoms with Crippen molar-refractivity contribution < 1.29 is 4.79 Å². The zero-order chi connectivity index (χ0) is 16.2. The molecule has 0 aliphatic rings. The fourth-order valence-corrected chi connectivity index (χ4v) is 2.32. The third kappa shape index (κ3) is 3.45. The number of benzene rings is 2. The molecule has 1 amide bonds. The van der Waals surface area contributed by atoms with E-state index in [0.717, 1.165) is 22.4 Å². The van der Waals surface area contributed by atoms with E-state index in [2.05, 4.69) is 15.6 Å². The van der Waals surface area contributed by atoms with Gasteiger partial charge in [0.15, 0.2) is 5.69 Å². The second kappa shape index (κ2) is 6.44. The molecule has 5 nitrogen and oxygen atoms in total. The van der Waals surface area contributed by atoms with Crippen LogP contribution >= 0.6 is 0 Å². The minimum absolute atomic E-state index is 0.252. The van der Waals surface area contributed by atoms with Crippen molar-refractivity contribution in [2.24, 2.45) is 0 Å². The predicted molar refractivity (Wildman–Crippen MR) is 89.4 cm³/mol. The molecule has 0 aliphatic heterocycles. The molecular formula is C18H18N4O. The van der Waals surface area contributed by atoms with Crippen LogP contribution in [0, 0.1) is 13.8 Å². The first kappa shape index (κ1) is 15.0. The Morgan fingerprint density at radius 1 is 1.09 bits per heavy atom. The molecule has 0 saturated carbocycles. The van der Waals surface area contributed by atoms with Crippen molar-refractivity contribution in [2.45, 2.75) is 20.4 Å². The number of rotatable bonds is 4.